The Morgan fingerprint density at radius 3 is 2.79 bits per heavy atom. The molecule has 1 saturated heterocycles. The first-order valence-electron chi connectivity index (χ1n) is 6.58. The Morgan fingerprint density at radius 1 is 1.47 bits per heavy atom. The maximum absolute atomic E-state index is 11.6. The molecular formula is C13H20N4O2. The van der Waals surface area contributed by atoms with E-state index in [0.717, 1.165) is 18.9 Å². The number of carbonyl (C=O) groups excluding carboxylic acids is 1. The lowest BCUT2D eigenvalue weighted by Gasteiger charge is -2.16. The molecule has 1 unspecified atom stereocenters. The van der Waals surface area contributed by atoms with Crippen LogP contribution in [0.1, 0.15) is 19.8 Å². The zero-order valence-corrected chi connectivity index (χ0v) is 11.1. The van der Waals surface area contributed by atoms with Crippen LogP contribution in [-0.4, -0.2) is 41.9 Å². The minimum Gasteiger partial charge on any atom is -0.394 e. The lowest BCUT2D eigenvalue weighted by Crippen LogP contribution is -2.38. The molecule has 0 spiro atoms. The van der Waals surface area contributed by atoms with Crippen molar-refractivity contribution in [3.05, 3.63) is 18.3 Å². The number of anilines is 2. The third-order valence-corrected chi connectivity index (χ3v) is 3.09. The third-order valence-electron chi connectivity index (χ3n) is 3.09. The summed E-state index contributed by atoms with van der Waals surface area (Å²) in [6.45, 7) is 3.75. The number of urea groups is 1. The van der Waals surface area contributed by atoms with Crippen molar-refractivity contribution >= 4 is 17.5 Å². The molecule has 1 atom stereocenters. The van der Waals surface area contributed by atoms with Gasteiger partial charge in [0.25, 0.3) is 0 Å². The van der Waals surface area contributed by atoms with Crippen molar-refractivity contribution in [2.24, 2.45) is 0 Å². The molecule has 2 rings (SSSR count). The number of aliphatic hydroxyl groups excluding tert-OH is 1. The second kappa shape index (κ2) is 6.38. The molecule has 0 saturated carbocycles. The number of hydrogen-bond acceptors (Lipinski definition) is 4. The van der Waals surface area contributed by atoms with Crippen LogP contribution >= 0.6 is 0 Å². The van der Waals surface area contributed by atoms with Gasteiger partial charge in [-0.25, -0.2) is 9.78 Å². The van der Waals surface area contributed by atoms with Crippen LogP contribution in [0.25, 0.3) is 0 Å². The Kier molecular flexibility index (Phi) is 4.57. The zero-order valence-electron chi connectivity index (χ0n) is 11.1. The van der Waals surface area contributed by atoms with Gasteiger partial charge < -0.3 is 20.6 Å². The Bertz CT molecular complexity index is 415. The summed E-state index contributed by atoms with van der Waals surface area (Å²) in [6, 6.07) is 3.15. The van der Waals surface area contributed by atoms with Gasteiger partial charge in [-0.05, 0) is 31.9 Å². The van der Waals surface area contributed by atoms with E-state index < -0.39 is 0 Å². The van der Waals surface area contributed by atoms with E-state index in [-0.39, 0.29) is 18.7 Å². The third kappa shape index (κ3) is 3.82. The predicted molar refractivity (Wildman–Crippen MR) is 74.4 cm³/mol. The molecule has 1 aromatic heterocycles. The van der Waals surface area contributed by atoms with Gasteiger partial charge in [-0.15, -0.1) is 0 Å². The first-order chi connectivity index (χ1) is 9.19. The molecule has 1 fully saturated rings. The van der Waals surface area contributed by atoms with Crippen molar-refractivity contribution in [1.29, 1.82) is 0 Å². The maximum Gasteiger partial charge on any atom is 0.319 e. The fraction of sp³-hybridized carbons (Fsp3) is 0.538. The summed E-state index contributed by atoms with van der Waals surface area (Å²) in [5, 5.41) is 14.1. The highest BCUT2D eigenvalue weighted by molar-refractivity contribution is 5.89. The molecule has 3 N–H and O–H groups in total. The number of pyridine rings is 1. The van der Waals surface area contributed by atoms with Gasteiger partial charge in [-0.3, -0.25) is 0 Å². The molecule has 19 heavy (non-hydrogen) atoms. The van der Waals surface area contributed by atoms with Gasteiger partial charge in [-0.2, -0.15) is 0 Å². The van der Waals surface area contributed by atoms with Crippen molar-refractivity contribution in [1.82, 2.24) is 10.3 Å². The Hall–Kier alpha value is -1.82. The number of rotatable bonds is 4. The lowest BCUT2D eigenvalue weighted by atomic mass is 10.3. The summed E-state index contributed by atoms with van der Waals surface area (Å²) in [7, 11) is 0. The van der Waals surface area contributed by atoms with Crippen LogP contribution in [0.4, 0.5) is 16.3 Å². The fourth-order valence-corrected chi connectivity index (χ4v) is 2.03. The number of nitrogens with one attached hydrogen (secondary N) is 2. The van der Waals surface area contributed by atoms with Crippen LogP contribution in [-0.2, 0) is 0 Å². The first-order valence-corrected chi connectivity index (χ1v) is 6.58. The number of nitrogens with zero attached hydrogens (tertiary/aromatic N) is 2. The summed E-state index contributed by atoms with van der Waals surface area (Å²) in [5.41, 5.74) is 0.644. The van der Waals surface area contributed by atoms with E-state index in [0.29, 0.717) is 5.69 Å². The predicted octanol–water partition coefficient (Wildman–Crippen LogP) is 1.18. The lowest BCUT2D eigenvalue weighted by molar-refractivity contribution is 0.229. The first kappa shape index (κ1) is 13.6. The normalized spacial score (nSPS) is 16.2. The van der Waals surface area contributed by atoms with Crippen molar-refractivity contribution in [3.63, 3.8) is 0 Å². The van der Waals surface area contributed by atoms with Crippen LogP contribution in [0.15, 0.2) is 18.3 Å². The second-order valence-corrected chi connectivity index (χ2v) is 4.78. The average Bonchev–Trinajstić information content (AvgIpc) is 2.93. The molecule has 0 bridgehead atoms. The van der Waals surface area contributed by atoms with E-state index in [4.69, 9.17) is 5.11 Å². The summed E-state index contributed by atoms with van der Waals surface area (Å²) in [4.78, 5) is 18.1. The Labute approximate surface area is 112 Å². The van der Waals surface area contributed by atoms with Gasteiger partial charge in [0.1, 0.15) is 5.82 Å². The molecular weight excluding hydrogens is 244 g/mol. The van der Waals surface area contributed by atoms with Gasteiger partial charge >= 0.3 is 6.03 Å². The van der Waals surface area contributed by atoms with Crippen molar-refractivity contribution in [3.8, 4) is 0 Å². The second-order valence-electron chi connectivity index (χ2n) is 4.78. The molecule has 6 nitrogen and oxygen atoms in total. The van der Waals surface area contributed by atoms with Gasteiger partial charge in [-0.1, -0.05) is 0 Å². The Balaban J connectivity index is 1.89. The van der Waals surface area contributed by atoms with Crippen molar-refractivity contribution in [2.75, 3.05) is 29.9 Å². The fourth-order valence-electron chi connectivity index (χ4n) is 2.03. The van der Waals surface area contributed by atoms with Gasteiger partial charge in [0, 0.05) is 13.1 Å². The maximum atomic E-state index is 11.6. The summed E-state index contributed by atoms with van der Waals surface area (Å²) in [5.74, 6) is 0.951. The number of hydrogen-bond donors (Lipinski definition) is 3. The molecule has 2 heterocycles. The van der Waals surface area contributed by atoms with Gasteiger partial charge in [0.05, 0.1) is 24.5 Å². The van der Waals surface area contributed by atoms with E-state index in [9.17, 15) is 4.79 Å². The van der Waals surface area contributed by atoms with Crippen molar-refractivity contribution < 1.29 is 9.90 Å². The van der Waals surface area contributed by atoms with E-state index in [1.54, 1.807) is 13.1 Å². The number of carbonyl (C=O) groups is 1. The summed E-state index contributed by atoms with van der Waals surface area (Å²) in [6.07, 6.45) is 4.07. The Morgan fingerprint density at radius 2 is 2.21 bits per heavy atom. The molecule has 1 aliphatic rings. The minimum absolute atomic E-state index is 0.0838. The topological polar surface area (TPSA) is 77.5 Å². The van der Waals surface area contributed by atoms with E-state index in [2.05, 4.69) is 20.5 Å². The highest BCUT2D eigenvalue weighted by Gasteiger charge is 2.13. The van der Waals surface area contributed by atoms with Crippen LogP contribution in [0.2, 0.25) is 0 Å². The van der Waals surface area contributed by atoms with Crippen LogP contribution in [0.5, 0.6) is 0 Å². The summed E-state index contributed by atoms with van der Waals surface area (Å²) >= 11 is 0. The summed E-state index contributed by atoms with van der Waals surface area (Å²) < 4.78 is 0. The number of aromatic nitrogens is 1. The molecule has 6 heteroatoms. The molecule has 0 aliphatic carbocycles. The molecule has 1 aliphatic heterocycles. The quantitative estimate of drug-likeness (QED) is 0.763. The molecule has 0 aromatic carbocycles. The van der Waals surface area contributed by atoms with E-state index >= 15 is 0 Å². The van der Waals surface area contributed by atoms with E-state index in [1.807, 2.05) is 12.1 Å². The SMILES string of the molecule is CC(CO)NC(=O)Nc1ccc(N2CCCC2)nc1. The van der Waals surface area contributed by atoms with Crippen LogP contribution in [0, 0.1) is 0 Å². The standard InChI is InChI=1S/C13H20N4O2/c1-10(9-18)15-13(19)16-11-4-5-12(14-8-11)17-6-2-3-7-17/h4-5,8,10,18H,2-3,6-7,9H2,1H3,(H2,15,16,19). The van der Waals surface area contributed by atoms with Crippen LogP contribution < -0.4 is 15.5 Å². The average molecular weight is 264 g/mol. The van der Waals surface area contributed by atoms with Gasteiger partial charge in [0.15, 0.2) is 0 Å². The number of aliphatic hydroxyl groups is 1. The highest BCUT2D eigenvalue weighted by atomic mass is 16.3. The van der Waals surface area contributed by atoms with Crippen molar-refractivity contribution in [2.45, 2.75) is 25.8 Å². The monoisotopic (exact) mass is 264 g/mol. The highest BCUT2D eigenvalue weighted by Crippen LogP contribution is 2.18. The van der Waals surface area contributed by atoms with Crippen LogP contribution in [0.3, 0.4) is 0 Å². The molecule has 1 aromatic rings. The van der Waals surface area contributed by atoms with E-state index in [1.165, 1.54) is 12.8 Å². The molecule has 0 radical (unpaired) electrons. The largest absolute Gasteiger partial charge is 0.394 e. The number of amides is 2. The zero-order chi connectivity index (χ0) is 13.7. The molecule has 2 amide bonds. The minimum atomic E-state index is -0.336. The smallest absolute Gasteiger partial charge is 0.319 e. The van der Waals surface area contributed by atoms with Gasteiger partial charge in [0.2, 0.25) is 0 Å². The molecule has 104 valence electrons.